The lowest BCUT2D eigenvalue weighted by Gasteiger charge is -2.26. The van der Waals surface area contributed by atoms with Crippen LogP contribution in [0.5, 0.6) is 5.75 Å². The summed E-state index contributed by atoms with van der Waals surface area (Å²) in [5.74, 6) is 0.704. The molecular weight excluding hydrogens is 428 g/mol. The summed E-state index contributed by atoms with van der Waals surface area (Å²) >= 11 is 0. The highest BCUT2D eigenvalue weighted by molar-refractivity contribution is 6.07. The van der Waals surface area contributed by atoms with Crippen molar-refractivity contribution < 1.29 is 14.3 Å². The Hall–Kier alpha value is -3.58. The Bertz CT molecular complexity index is 1320. The summed E-state index contributed by atoms with van der Waals surface area (Å²) in [6.07, 6.45) is 6.86. The maximum Gasteiger partial charge on any atom is 0.260 e. The van der Waals surface area contributed by atoms with Gasteiger partial charge in [0.2, 0.25) is 0 Å². The van der Waals surface area contributed by atoms with E-state index in [1.165, 1.54) is 0 Å². The minimum Gasteiger partial charge on any atom is -0.496 e. The van der Waals surface area contributed by atoms with Gasteiger partial charge in [-0.2, -0.15) is 5.10 Å². The lowest BCUT2D eigenvalue weighted by Crippen LogP contribution is -2.31. The molecule has 1 fully saturated rings. The number of hydrogen-bond acceptors (Lipinski definition) is 4. The van der Waals surface area contributed by atoms with Gasteiger partial charge < -0.3 is 18.9 Å². The van der Waals surface area contributed by atoms with Crippen molar-refractivity contribution in [2.24, 2.45) is 7.05 Å². The zero-order chi connectivity index (χ0) is 23.7. The Morgan fingerprint density at radius 3 is 2.79 bits per heavy atom. The molecule has 7 heteroatoms. The number of anilines is 1. The van der Waals surface area contributed by atoms with Crippen LogP contribution in [-0.4, -0.2) is 34.0 Å². The molecule has 1 aliphatic rings. The van der Waals surface area contributed by atoms with Crippen molar-refractivity contribution in [1.82, 2.24) is 14.3 Å². The van der Waals surface area contributed by atoms with Gasteiger partial charge in [-0.15, -0.1) is 0 Å². The van der Waals surface area contributed by atoms with E-state index in [0.717, 1.165) is 59.5 Å². The molecule has 1 saturated heterocycles. The molecule has 1 atom stereocenters. The van der Waals surface area contributed by atoms with Crippen molar-refractivity contribution in [3.05, 3.63) is 77.7 Å². The van der Waals surface area contributed by atoms with Crippen LogP contribution in [0.4, 0.5) is 5.69 Å². The van der Waals surface area contributed by atoms with Gasteiger partial charge in [0.1, 0.15) is 5.75 Å². The van der Waals surface area contributed by atoms with E-state index in [1.807, 2.05) is 89.0 Å². The highest BCUT2D eigenvalue weighted by atomic mass is 16.5. The largest absolute Gasteiger partial charge is 0.496 e. The quantitative estimate of drug-likeness (QED) is 0.397. The smallest absolute Gasteiger partial charge is 0.260 e. The highest BCUT2D eigenvalue weighted by Crippen LogP contribution is 2.31. The summed E-state index contributed by atoms with van der Waals surface area (Å²) in [4.78, 5) is 15.7. The molecule has 0 aliphatic carbocycles. The van der Waals surface area contributed by atoms with E-state index >= 15 is 0 Å². The van der Waals surface area contributed by atoms with Crippen molar-refractivity contribution >= 4 is 22.5 Å². The minimum absolute atomic E-state index is 0.0525. The normalized spacial score (nSPS) is 16.0. The lowest BCUT2D eigenvalue weighted by molar-refractivity contribution is -0.0366. The van der Waals surface area contributed by atoms with E-state index in [9.17, 15) is 4.79 Å². The molecule has 0 radical (unpaired) electrons. The maximum atomic E-state index is 13.9. The average molecular weight is 459 g/mol. The Balaban J connectivity index is 1.59. The van der Waals surface area contributed by atoms with E-state index in [1.54, 1.807) is 7.11 Å². The van der Waals surface area contributed by atoms with Crippen LogP contribution in [0.2, 0.25) is 0 Å². The van der Waals surface area contributed by atoms with E-state index in [4.69, 9.17) is 9.47 Å². The van der Waals surface area contributed by atoms with Gasteiger partial charge >= 0.3 is 0 Å². The number of carbonyl (C=O) groups is 1. The molecule has 2 aromatic heterocycles. The molecule has 4 aromatic rings. The first kappa shape index (κ1) is 22.2. The third kappa shape index (κ3) is 4.07. The molecule has 0 spiro atoms. The summed E-state index contributed by atoms with van der Waals surface area (Å²) in [6.45, 7) is 3.10. The van der Waals surface area contributed by atoms with E-state index < -0.39 is 0 Å². The van der Waals surface area contributed by atoms with Gasteiger partial charge in [-0.05, 0) is 56.5 Å². The SMILES string of the molecule is COc1ccccc1CN(C(=O)c1ccn(C)c1C)c1ccc2cnn(C3CCCCO3)c2c1. The predicted octanol–water partition coefficient (Wildman–Crippen LogP) is 5.24. The second kappa shape index (κ2) is 9.35. The standard InChI is InChI=1S/C27H30N4O3/c1-19-23(13-14-29(19)2)27(32)30(18-21-8-4-5-9-25(21)33-3)22-12-11-20-17-28-31(24(20)16-22)26-10-6-7-15-34-26/h4-5,8-9,11-14,16-17,26H,6-7,10,15,18H2,1-3H3. The van der Waals surface area contributed by atoms with Gasteiger partial charge in [0, 0.05) is 42.2 Å². The number of benzene rings is 2. The summed E-state index contributed by atoms with van der Waals surface area (Å²) in [7, 11) is 3.60. The van der Waals surface area contributed by atoms with E-state index in [-0.39, 0.29) is 12.1 Å². The van der Waals surface area contributed by atoms with Crippen LogP contribution in [0.15, 0.2) is 60.9 Å². The van der Waals surface area contributed by atoms with E-state index in [2.05, 4.69) is 5.10 Å². The van der Waals surface area contributed by atoms with Gasteiger partial charge in [0.05, 0.1) is 30.9 Å². The van der Waals surface area contributed by atoms with Gasteiger partial charge in [-0.25, -0.2) is 4.68 Å². The van der Waals surface area contributed by atoms with Gasteiger partial charge in [-0.1, -0.05) is 18.2 Å². The van der Waals surface area contributed by atoms with E-state index in [0.29, 0.717) is 12.1 Å². The van der Waals surface area contributed by atoms with Crippen LogP contribution in [0.25, 0.3) is 10.9 Å². The first-order valence-electron chi connectivity index (χ1n) is 11.7. The zero-order valence-electron chi connectivity index (χ0n) is 19.9. The predicted molar refractivity (Wildman–Crippen MR) is 132 cm³/mol. The van der Waals surface area contributed by atoms with Crippen LogP contribution < -0.4 is 9.64 Å². The van der Waals surface area contributed by atoms with Crippen molar-refractivity contribution in [2.75, 3.05) is 18.6 Å². The molecule has 0 saturated carbocycles. The minimum atomic E-state index is -0.0729. The monoisotopic (exact) mass is 458 g/mol. The third-order valence-corrected chi connectivity index (χ3v) is 6.70. The molecule has 7 nitrogen and oxygen atoms in total. The molecular formula is C27H30N4O3. The molecule has 2 aromatic carbocycles. The van der Waals surface area contributed by atoms with Crippen molar-refractivity contribution in [3.63, 3.8) is 0 Å². The van der Waals surface area contributed by atoms with Crippen molar-refractivity contribution in [1.29, 1.82) is 0 Å². The van der Waals surface area contributed by atoms with Crippen LogP contribution in [0, 0.1) is 6.92 Å². The molecule has 0 bridgehead atoms. The Labute approximate surface area is 199 Å². The molecule has 0 N–H and O–H groups in total. The number of para-hydroxylation sites is 1. The first-order valence-corrected chi connectivity index (χ1v) is 11.7. The summed E-state index contributed by atoms with van der Waals surface area (Å²) in [5, 5.41) is 5.64. The van der Waals surface area contributed by atoms with Gasteiger partial charge in [-0.3, -0.25) is 4.79 Å². The number of rotatable bonds is 6. The molecule has 3 heterocycles. The fraction of sp³-hybridized carbons (Fsp3) is 0.333. The maximum absolute atomic E-state index is 13.9. The van der Waals surface area contributed by atoms with Crippen LogP contribution in [0.1, 0.15) is 47.1 Å². The van der Waals surface area contributed by atoms with Gasteiger partial charge in [0.25, 0.3) is 5.91 Å². The third-order valence-electron chi connectivity index (χ3n) is 6.70. The number of ether oxygens (including phenoxy) is 2. The van der Waals surface area contributed by atoms with Crippen LogP contribution in [-0.2, 0) is 18.3 Å². The fourth-order valence-corrected chi connectivity index (χ4v) is 4.60. The number of methoxy groups -OCH3 is 1. The Kier molecular flexibility index (Phi) is 6.11. The van der Waals surface area contributed by atoms with Crippen LogP contribution in [0.3, 0.4) is 0 Å². The molecule has 34 heavy (non-hydrogen) atoms. The number of nitrogens with zero attached hydrogens (tertiary/aromatic N) is 4. The lowest BCUT2D eigenvalue weighted by atomic mass is 10.1. The van der Waals surface area contributed by atoms with Crippen molar-refractivity contribution in [2.45, 2.75) is 39.0 Å². The Morgan fingerprint density at radius 2 is 2.06 bits per heavy atom. The fourth-order valence-electron chi connectivity index (χ4n) is 4.60. The summed E-state index contributed by atoms with van der Waals surface area (Å²) in [6, 6.07) is 15.8. The molecule has 1 unspecified atom stereocenters. The second-order valence-corrected chi connectivity index (χ2v) is 8.78. The van der Waals surface area contributed by atoms with Gasteiger partial charge in [0.15, 0.2) is 6.23 Å². The second-order valence-electron chi connectivity index (χ2n) is 8.78. The number of carbonyl (C=O) groups excluding carboxylic acids is 1. The zero-order valence-corrected chi connectivity index (χ0v) is 19.9. The molecule has 1 aliphatic heterocycles. The number of aromatic nitrogens is 3. The number of hydrogen-bond donors (Lipinski definition) is 0. The average Bonchev–Trinajstić information content (AvgIpc) is 3.45. The molecule has 1 amide bonds. The summed E-state index contributed by atoms with van der Waals surface area (Å²) < 4.78 is 15.5. The number of aryl methyl sites for hydroxylation is 1. The van der Waals surface area contributed by atoms with Crippen molar-refractivity contribution in [3.8, 4) is 5.75 Å². The highest BCUT2D eigenvalue weighted by Gasteiger charge is 2.24. The first-order chi connectivity index (χ1) is 16.6. The number of amides is 1. The molecule has 176 valence electrons. The molecule has 5 rings (SSSR count). The summed E-state index contributed by atoms with van der Waals surface area (Å²) in [5.41, 5.74) is 4.32. The Morgan fingerprint density at radius 1 is 1.21 bits per heavy atom. The number of fused-ring (bicyclic) bond motifs is 1. The topological polar surface area (TPSA) is 61.5 Å². The van der Waals surface area contributed by atoms with Crippen LogP contribution >= 0.6 is 0 Å².